The number of amides is 1. The Morgan fingerprint density at radius 1 is 1.10 bits per heavy atom. The maximum absolute atomic E-state index is 13.7. The van der Waals surface area contributed by atoms with Crippen LogP contribution in [0.2, 0.25) is 0 Å². The second kappa shape index (κ2) is 13.4. The Hall–Kier alpha value is -3.13. The first-order valence-electron chi connectivity index (χ1n) is 14.3. The van der Waals surface area contributed by atoms with E-state index in [1.807, 2.05) is 0 Å². The number of rotatable bonds is 12. The van der Waals surface area contributed by atoms with Gasteiger partial charge in [0.15, 0.2) is 5.13 Å². The van der Waals surface area contributed by atoms with Gasteiger partial charge >= 0.3 is 5.97 Å². The molecule has 1 atom stereocenters. The zero-order valence-corrected chi connectivity index (χ0v) is 25.2. The summed E-state index contributed by atoms with van der Waals surface area (Å²) < 4.78 is 39.3. The minimum atomic E-state index is -3.96. The van der Waals surface area contributed by atoms with Crippen LogP contribution >= 0.6 is 11.3 Å². The Labute approximate surface area is 249 Å². The zero-order valence-electron chi connectivity index (χ0n) is 23.5. The Morgan fingerprint density at radius 2 is 1.81 bits per heavy atom. The van der Waals surface area contributed by atoms with Gasteiger partial charge in [0.1, 0.15) is 10.3 Å². The van der Waals surface area contributed by atoms with Gasteiger partial charge in [0.25, 0.3) is 0 Å². The molecule has 2 N–H and O–H groups in total. The van der Waals surface area contributed by atoms with Crippen LogP contribution < -0.4 is 10.1 Å². The summed E-state index contributed by atoms with van der Waals surface area (Å²) in [5.74, 6) is -0.866. The van der Waals surface area contributed by atoms with E-state index in [2.05, 4.69) is 15.3 Å². The molecule has 0 radical (unpaired) electrons. The fraction of sp³-hybridized carbons (Fsp3) is 0.517. The van der Waals surface area contributed by atoms with Gasteiger partial charge in [-0.15, -0.1) is 0 Å². The number of carboxylic acids is 1. The molecule has 3 aromatic rings. The maximum atomic E-state index is 13.7. The number of carbonyl (C=O) groups excluding carboxylic acids is 1. The van der Waals surface area contributed by atoms with Crippen molar-refractivity contribution in [3.63, 3.8) is 0 Å². The summed E-state index contributed by atoms with van der Waals surface area (Å²) in [5, 5.41) is 12.6. The summed E-state index contributed by atoms with van der Waals surface area (Å²) in [7, 11) is -2.42. The number of nitrogens with zero attached hydrogens (tertiary/aromatic N) is 3. The normalized spacial score (nSPS) is 17.5. The predicted octanol–water partition coefficient (Wildman–Crippen LogP) is 4.65. The van der Waals surface area contributed by atoms with E-state index in [-0.39, 0.29) is 29.8 Å². The fourth-order valence-corrected chi connectivity index (χ4v) is 8.34. The van der Waals surface area contributed by atoms with Gasteiger partial charge in [-0.3, -0.25) is 9.59 Å². The highest BCUT2D eigenvalue weighted by atomic mass is 32.2. The van der Waals surface area contributed by atoms with Gasteiger partial charge in [-0.05, 0) is 48.9 Å². The summed E-state index contributed by atoms with van der Waals surface area (Å²) in [4.78, 5) is 34.6. The number of carbonyl (C=O) groups is 2. The molecule has 0 bridgehead atoms. The van der Waals surface area contributed by atoms with E-state index in [4.69, 9.17) is 9.47 Å². The monoisotopic (exact) mass is 616 g/mol. The van der Waals surface area contributed by atoms with Gasteiger partial charge in [0.05, 0.1) is 24.3 Å². The molecule has 0 spiro atoms. The minimum Gasteiger partial charge on any atom is -0.481 e. The second-order valence-corrected chi connectivity index (χ2v) is 13.7. The number of aliphatic carboxylic acids is 1. The molecule has 0 unspecified atom stereocenters. The SMILES string of the molecule is COc1ccc2nc(NC(=O)[C@H](CC3CCCC3)c3ccc(S(=O)(=O)N(CCC(=O)O)C4CCOCC4)cc3)sc2n1. The van der Waals surface area contributed by atoms with Crippen molar-refractivity contribution in [1.29, 1.82) is 0 Å². The quantitative estimate of drug-likeness (QED) is 0.297. The van der Waals surface area contributed by atoms with Crippen molar-refractivity contribution < 1.29 is 32.6 Å². The largest absolute Gasteiger partial charge is 0.481 e. The molecule has 1 amide bonds. The van der Waals surface area contributed by atoms with Crippen LogP contribution in [0, 0.1) is 5.92 Å². The van der Waals surface area contributed by atoms with Crippen molar-refractivity contribution in [3.8, 4) is 5.88 Å². The van der Waals surface area contributed by atoms with Gasteiger partial charge in [0, 0.05) is 31.9 Å². The standard InChI is InChI=1S/C29H36N4O7S2/c1-39-25-11-10-24-28(31-25)41-29(30-24)32-27(36)23(18-19-4-2-3-5-19)20-6-8-22(9-7-20)42(37,38)33(15-12-26(34)35)21-13-16-40-17-14-21/h6-11,19,21,23H,2-5,12-18H2,1H3,(H,34,35)(H,30,32,36)/t23-/m1/s1. The van der Waals surface area contributed by atoms with Crippen molar-refractivity contribution in [1.82, 2.24) is 14.3 Å². The molecule has 2 fully saturated rings. The number of thiazole rings is 1. The molecule has 5 rings (SSSR count). The topological polar surface area (TPSA) is 148 Å². The highest BCUT2D eigenvalue weighted by Gasteiger charge is 2.34. The second-order valence-electron chi connectivity index (χ2n) is 10.8. The number of aromatic nitrogens is 2. The Kier molecular flexibility index (Phi) is 9.71. The first-order valence-corrected chi connectivity index (χ1v) is 16.5. The van der Waals surface area contributed by atoms with E-state index in [1.165, 1.54) is 27.8 Å². The lowest BCUT2D eigenvalue weighted by Crippen LogP contribution is -2.44. The van der Waals surface area contributed by atoms with Crippen LogP contribution in [0.25, 0.3) is 10.3 Å². The highest BCUT2D eigenvalue weighted by Crippen LogP contribution is 2.36. The van der Waals surface area contributed by atoms with Crippen molar-refractivity contribution in [2.75, 3.05) is 32.2 Å². The van der Waals surface area contributed by atoms with Crippen LogP contribution in [0.5, 0.6) is 5.88 Å². The zero-order chi connectivity index (χ0) is 29.7. The lowest BCUT2D eigenvalue weighted by atomic mass is 9.87. The highest BCUT2D eigenvalue weighted by molar-refractivity contribution is 7.89. The van der Waals surface area contributed by atoms with Crippen LogP contribution in [0.1, 0.15) is 62.8 Å². The summed E-state index contributed by atoms with van der Waals surface area (Å²) >= 11 is 1.27. The predicted molar refractivity (Wildman–Crippen MR) is 158 cm³/mol. The maximum Gasteiger partial charge on any atom is 0.304 e. The Bertz CT molecular complexity index is 1500. The number of anilines is 1. The molecule has 2 aromatic heterocycles. The minimum absolute atomic E-state index is 0.0781. The molecule has 1 aromatic carbocycles. The van der Waals surface area contributed by atoms with Crippen molar-refractivity contribution in [3.05, 3.63) is 42.0 Å². The summed E-state index contributed by atoms with van der Waals surface area (Å²) in [6.45, 7) is 0.748. The number of carboxylic acid groups (broad SMARTS) is 1. The van der Waals surface area contributed by atoms with E-state index >= 15 is 0 Å². The molecular formula is C29H36N4O7S2. The molecule has 11 nitrogen and oxygen atoms in total. The number of sulfonamides is 1. The van der Waals surface area contributed by atoms with E-state index in [9.17, 15) is 23.1 Å². The van der Waals surface area contributed by atoms with E-state index < -0.39 is 21.9 Å². The molecule has 1 saturated heterocycles. The molecular weight excluding hydrogens is 580 g/mol. The lowest BCUT2D eigenvalue weighted by Gasteiger charge is -2.33. The molecule has 42 heavy (non-hydrogen) atoms. The van der Waals surface area contributed by atoms with E-state index in [0.717, 1.165) is 31.2 Å². The first kappa shape index (κ1) is 30.3. The molecule has 1 aliphatic carbocycles. The lowest BCUT2D eigenvalue weighted by molar-refractivity contribution is -0.137. The average molecular weight is 617 g/mol. The number of nitrogens with one attached hydrogen (secondary N) is 1. The Balaban J connectivity index is 1.38. The number of fused-ring (bicyclic) bond motifs is 1. The molecule has 2 aliphatic rings. The van der Waals surface area contributed by atoms with Crippen molar-refractivity contribution in [2.45, 2.75) is 68.2 Å². The fourth-order valence-electron chi connectivity index (χ4n) is 5.82. The molecule has 3 heterocycles. The summed E-state index contributed by atoms with van der Waals surface area (Å²) in [5.41, 5.74) is 1.39. The molecule has 13 heteroatoms. The number of benzene rings is 1. The van der Waals surface area contributed by atoms with Crippen molar-refractivity contribution in [2.24, 2.45) is 5.92 Å². The van der Waals surface area contributed by atoms with E-state index in [1.54, 1.807) is 31.4 Å². The summed E-state index contributed by atoms with van der Waals surface area (Å²) in [6.07, 6.45) is 5.78. The van der Waals surface area contributed by atoms with Gasteiger partial charge in [-0.2, -0.15) is 4.31 Å². The third-order valence-electron chi connectivity index (χ3n) is 8.06. The number of hydrogen-bond acceptors (Lipinski definition) is 9. The number of pyridine rings is 1. The van der Waals surface area contributed by atoms with Crippen molar-refractivity contribution >= 4 is 48.7 Å². The molecule has 226 valence electrons. The number of hydrogen-bond donors (Lipinski definition) is 2. The summed E-state index contributed by atoms with van der Waals surface area (Å²) in [6, 6.07) is 9.65. The van der Waals surface area contributed by atoms with Gasteiger partial charge in [-0.25, -0.2) is 18.4 Å². The van der Waals surface area contributed by atoms with Gasteiger partial charge < -0.3 is 19.9 Å². The van der Waals surface area contributed by atoms with Crippen LogP contribution in [0.3, 0.4) is 0 Å². The Morgan fingerprint density at radius 3 is 2.48 bits per heavy atom. The van der Waals surface area contributed by atoms with Gasteiger partial charge in [0.2, 0.25) is 21.8 Å². The molecule has 1 saturated carbocycles. The first-order chi connectivity index (χ1) is 20.2. The average Bonchev–Trinajstić information content (AvgIpc) is 3.65. The van der Waals surface area contributed by atoms with E-state index in [0.29, 0.717) is 59.8 Å². The van der Waals surface area contributed by atoms with Crippen LogP contribution in [0.15, 0.2) is 41.3 Å². The van der Waals surface area contributed by atoms with Gasteiger partial charge in [-0.1, -0.05) is 49.2 Å². The van der Waals surface area contributed by atoms with Crippen LogP contribution in [-0.4, -0.2) is 72.6 Å². The van der Waals surface area contributed by atoms with Crippen LogP contribution in [-0.2, 0) is 24.3 Å². The third kappa shape index (κ3) is 7.08. The molecule has 1 aliphatic heterocycles. The number of methoxy groups -OCH3 is 1. The van der Waals surface area contributed by atoms with Crippen LogP contribution in [0.4, 0.5) is 5.13 Å². The number of ether oxygens (including phenoxy) is 2. The third-order valence-corrected chi connectivity index (χ3v) is 10.9. The smallest absolute Gasteiger partial charge is 0.304 e.